The number of carbonyl (C=O) groups is 1. The van der Waals surface area contributed by atoms with Crippen LogP contribution in [0.5, 0.6) is 0 Å². The standard InChI is InChI=1S/C18H14FN3O4/c1-18(2,17(24)25-3)16-21-13-11-7-20-22-15(23)12(11)10-6-8(19)4-5-9(10)14(13)26-16/h4-7H,1-3H3,(H,22,23). The number of H-pyrrole nitrogens is 1. The number of aromatic amines is 1. The summed E-state index contributed by atoms with van der Waals surface area (Å²) in [6.45, 7) is 3.25. The van der Waals surface area contributed by atoms with Gasteiger partial charge in [0.1, 0.15) is 16.7 Å². The lowest BCUT2D eigenvalue weighted by Gasteiger charge is -2.16. The maximum Gasteiger partial charge on any atom is 0.320 e. The van der Waals surface area contributed by atoms with Crippen LogP contribution in [-0.4, -0.2) is 28.3 Å². The average molecular weight is 355 g/mol. The van der Waals surface area contributed by atoms with Crippen LogP contribution in [0, 0.1) is 5.82 Å². The van der Waals surface area contributed by atoms with Crippen molar-refractivity contribution in [3.8, 4) is 0 Å². The van der Waals surface area contributed by atoms with Crippen molar-refractivity contribution in [3.63, 3.8) is 0 Å². The average Bonchev–Trinajstić information content (AvgIpc) is 3.07. The number of benzene rings is 2. The molecule has 0 bridgehead atoms. The molecule has 0 spiro atoms. The van der Waals surface area contributed by atoms with Crippen molar-refractivity contribution >= 4 is 38.6 Å². The molecule has 2 heterocycles. The van der Waals surface area contributed by atoms with E-state index in [0.717, 1.165) is 0 Å². The van der Waals surface area contributed by atoms with Crippen LogP contribution in [0.4, 0.5) is 4.39 Å². The van der Waals surface area contributed by atoms with Gasteiger partial charge in [0.05, 0.1) is 18.7 Å². The minimum absolute atomic E-state index is 0.137. The summed E-state index contributed by atoms with van der Waals surface area (Å²) in [5.41, 5.74) is -0.866. The first-order chi connectivity index (χ1) is 12.3. The molecule has 0 fully saturated rings. The molecule has 2 aromatic heterocycles. The molecular formula is C18H14FN3O4. The number of methoxy groups -OCH3 is 1. The van der Waals surface area contributed by atoms with E-state index >= 15 is 0 Å². The van der Waals surface area contributed by atoms with Crippen LogP contribution in [0.25, 0.3) is 32.6 Å². The molecule has 0 aliphatic heterocycles. The van der Waals surface area contributed by atoms with Crippen LogP contribution in [0.1, 0.15) is 19.7 Å². The predicted octanol–water partition coefficient (Wildman–Crippen LogP) is 2.81. The molecule has 0 amide bonds. The monoisotopic (exact) mass is 355 g/mol. The summed E-state index contributed by atoms with van der Waals surface area (Å²) in [6.07, 6.45) is 1.43. The van der Waals surface area contributed by atoms with E-state index in [9.17, 15) is 14.0 Å². The van der Waals surface area contributed by atoms with Gasteiger partial charge in [0.15, 0.2) is 5.58 Å². The lowest BCUT2D eigenvalue weighted by Crippen LogP contribution is -2.30. The molecule has 0 aliphatic carbocycles. The fourth-order valence-corrected chi connectivity index (χ4v) is 3.06. The molecule has 26 heavy (non-hydrogen) atoms. The Kier molecular flexibility index (Phi) is 3.33. The second-order valence-corrected chi connectivity index (χ2v) is 6.49. The number of aromatic nitrogens is 3. The van der Waals surface area contributed by atoms with Crippen molar-refractivity contribution in [3.05, 3.63) is 46.5 Å². The Labute approximate surface area is 145 Å². The molecule has 0 radical (unpaired) electrons. The minimum atomic E-state index is -1.14. The van der Waals surface area contributed by atoms with Crippen molar-refractivity contribution in [1.82, 2.24) is 15.2 Å². The van der Waals surface area contributed by atoms with E-state index in [1.54, 1.807) is 13.8 Å². The Hall–Kier alpha value is -3.29. The summed E-state index contributed by atoms with van der Waals surface area (Å²) < 4.78 is 24.5. The summed E-state index contributed by atoms with van der Waals surface area (Å²) in [6, 6.07) is 4.06. The number of rotatable bonds is 2. The van der Waals surface area contributed by atoms with E-state index in [4.69, 9.17) is 9.15 Å². The zero-order valence-corrected chi connectivity index (χ0v) is 14.2. The lowest BCUT2D eigenvalue weighted by molar-refractivity contribution is -0.147. The van der Waals surface area contributed by atoms with Crippen molar-refractivity contribution in [2.24, 2.45) is 0 Å². The summed E-state index contributed by atoms with van der Waals surface area (Å²) in [5.74, 6) is -0.860. The molecule has 0 saturated heterocycles. The van der Waals surface area contributed by atoms with Gasteiger partial charge in [0.25, 0.3) is 5.56 Å². The van der Waals surface area contributed by atoms with E-state index in [1.165, 1.54) is 31.5 Å². The van der Waals surface area contributed by atoms with Crippen LogP contribution < -0.4 is 5.56 Å². The molecule has 1 N–H and O–H groups in total. The summed E-state index contributed by atoms with van der Waals surface area (Å²) in [5, 5.41) is 7.74. The molecule has 8 heteroatoms. The van der Waals surface area contributed by atoms with Crippen LogP contribution >= 0.6 is 0 Å². The van der Waals surface area contributed by atoms with Gasteiger partial charge in [-0.2, -0.15) is 5.10 Å². The van der Waals surface area contributed by atoms with E-state index in [2.05, 4.69) is 15.2 Å². The van der Waals surface area contributed by atoms with Gasteiger partial charge < -0.3 is 9.15 Å². The number of ether oxygens (including phenoxy) is 1. The lowest BCUT2D eigenvalue weighted by atomic mass is 9.94. The zero-order chi connectivity index (χ0) is 18.6. The number of halogens is 1. The highest BCUT2D eigenvalue weighted by molar-refractivity contribution is 6.22. The number of nitrogens with one attached hydrogen (secondary N) is 1. The van der Waals surface area contributed by atoms with Gasteiger partial charge in [-0.3, -0.25) is 9.59 Å². The summed E-state index contributed by atoms with van der Waals surface area (Å²) >= 11 is 0. The minimum Gasteiger partial charge on any atom is -0.468 e. The number of fused-ring (bicyclic) bond motifs is 6. The number of hydrogen-bond acceptors (Lipinski definition) is 6. The van der Waals surface area contributed by atoms with E-state index < -0.39 is 22.8 Å². The third-order valence-electron chi connectivity index (χ3n) is 4.46. The first-order valence-corrected chi connectivity index (χ1v) is 7.82. The highest BCUT2D eigenvalue weighted by atomic mass is 19.1. The molecule has 4 rings (SSSR count). The van der Waals surface area contributed by atoms with Crippen molar-refractivity contribution < 1.29 is 18.3 Å². The highest BCUT2D eigenvalue weighted by Gasteiger charge is 2.37. The fourth-order valence-electron chi connectivity index (χ4n) is 3.06. The van der Waals surface area contributed by atoms with Gasteiger partial charge in [0, 0.05) is 16.2 Å². The zero-order valence-electron chi connectivity index (χ0n) is 14.2. The fraction of sp³-hybridized carbons (Fsp3) is 0.222. The molecule has 2 aromatic carbocycles. The highest BCUT2D eigenvalue weighted by Crippen LogP contribution is 2.36. The van der Waals surface area contributed by atoms with Gasteiger partial charge in [-0.25, -0.2) is 14.5 Å². The predicted molar refractivity (Wildman–Crippen MR) is 92.4 cm³/mol. The van der Waals surface area contributed by atoms with Crippen molar-refractivity contribution in [2.75, 3.05) is 7.11 Å². The maximum atomic E-state index is 13.8. The third-order valence-corrected chi connectivity index (χ3v) is 4.46. The van der Waals surface area contributed by atoms with E-state index in [1.807, 2.05) is 0 Å². The Morgan fingerprint density at radius 1 is 1.27 bits per heavy atom. The molecule has 0 saturated carbocycles. The SMILES string of the molecule is COC(=O)C(C)(C)c1nc2c3cn[nH]c(=O)c3c3cc(F)ccc3c2o1. The topological polar surface area (TPSA) is 98.1 Å². The van der Waals surface area contributed by atoms with E-state index in [-0.39, 0.29) is 11.3 Å². The quantitative estimate of drug-likeness (QED) is 0.439. The van der Waals surface area contributed by atoms with Crippen LogP contribution in [-0.2, 0) is 14.9 Å². The first-order valence-electron chi connectivity index (χ1n) is 7.82. The van der Waals surface area contributed by atoms with Crippen molar-refractivity contribution in [2.45, 2.75) is 19.3 Å². The molecular weight excluding hydrogens is 341 g/mol. The first kappa shape index (κ1) is 16.2. The van der Waals surface area contributed by atoms with Crippen LogP contribution in [0.15, 0.2) is 33.6 Å². The molecule has 7 nitrogen and oxygen atoms in total. The number of oxazole rings is 1. The summed E-state index contributed by atoms with van der Waals surface area (Å²) in [7, 11) is 1.28. The normalized spacial score (nSPS) is 12.2. The Morgan fingerprint density at radius 3 is 2.77 bits per heavy atom. The maximum absolute atomic E-state index is 13.8. The third kappa shape index (κ3) is 2.11. The Bertz CT molecular complexity index is 1260. The van der Waals surface area contributed by atoms with Crippen LogP contribution in [0.2, 0.25) is 0 Å². The van der Waals surface area contributed by atoms with Gasteiger partial charge in [-0.1, -0.05) is 0 Å². The second-order valence-electron chi connectivity index (χ2n) is 6.49. The van der Waals surface area contributed by atoms with Gasteiger partial charge in [0.2, 0.25) is 5.89 Å². The molecule has 132 valence electrons. The van der Waals surface area contributed by atoms with E-state index in [0.29, 0.717) is 27.3 Å². The number of esters is 1. The molecule has 4 aromatic rings. The Morgan fingerprint density at radius 2 is 2.04 bits per heavy atom. The van der Waals surface area contributed by atoms with Crippen molar-refractivity contribution in [1.29, 1.82) is 0 Å². The number of hydrogen-bond donors (Lipinski definition) is 1. The van der Waals surface area contributed by atoms with Crippen LogP contribution in [0.3, 0.4) is 0 Å². The molecule has 0 atom stereocenters. The largest absolute Gasteiger partial charge is 0.468 e. The van der Waals surface area contributed by atoms with Gasteiger partial charge >= 0.3 is 5.97 Å². The number of carbonyl (C=O) groups excluding carboxylic acids is 1. The molecule has 0 aliphatic rings. The Balaban J connectivity index is 2.21. The smallest absolute Gasteiger partial charge is 0.320 e. The summed E-state index contributed by atoms with van der Waals surface area (Å²) in [4.78, 5) is 28.9. The number of nitrogens with zero attached hydrogens (tertiary/aromatic N) is 2. The van der Waals surface area contributed by atoms with Gasteiger partial charge in [-0.05, 0) is 32.0 Å². The van der Waals surface area contributed by atoms with Gasteiger partial charge in [-0.15, -0.1) is 0 Å². The second kappa shape index (κ2) is 5.35. The molecule has 0 unspecified atom stereocenters.